The topological polar surface area (TPSA) is 766 Å². The van der Waals surface area contributed by atoms with Crippen molar-refractivity contribution in [3.63, 3.8) is 0 Å². The number of methoxy groups -OCH3 is 1. The summed E-state index contributed by atoms with van der Waals surface area (Å²) in [5.74, 6) is -4.37. The van der Waals surface area contributed by atoms with Gasteiger partial charge >= 0.3 is 319 Å². The van der Waals surface area contributed by atoms with Gasteiger partial charge in [0.1, 0.15) is 11.4 Å². The van der Waals surface area contributed by atoms with Crippen LogP contribution in [0.15, 0.2) is 231 Å². The maximum absolute atomic E-state index is 12.2. The Labute approximate surface area is 1120 Å². The number of carbonyl (C=O) groups excluding carboxylic acids is 10. The number of non-ortho nitro benzene ring substituents is 4. The Hall–Kier alpha value is -8.80. The minimum absolute atomic E-state index is 0. The molecule has 0 saturated heterocycles. The number of hydrogen-bond acceptors (Lipinski definition) is 37. The first-order chi connectivity index (χ1) is 66.0. The smallest absolute Gasteiger partial charge is 0.870 e. The first-order valence-corrected chi connectivity index (χ1v) is 41.7. The summed E-state index contributed by atoms with van der Waals surface area (Å²) in [5, 5.41) is 110. The maximum atomic E-state index is 12.2. The van der Waals surface area contributed by atoms with Gasteiger partial charge in [0.25, 0.3) is 17.1 Å². The van der Waals surface area contributed by atoms with Crippen LogP contribution in [0.1, 0.15) is 153 Å². The summed E-state index contributed by atoms with van der Waals surface area (Å²) >= 11 is 0. The van der Waals surface area contributed by atoms with E-state index in [1.807, 2.05) is 132 Å². The van der Waals surface area contributed by atoms with Gasteiger partial charge in [0.15, 0.2) is 23.4 Å². The molecule has 0 spiro atoms. The van der Waals surface area contributed by atoms with Crippen molar-refractivity contribution in [2.75, 3.05) is 56.0 Å². The van der Waals surface area contributed by atoms with Gasteiger partial charge in [-0.1, -0.05) is 186 Å². The zero-order valence-corrected chi connectivity index (χ0v) is 103. The Balaban J connectivity index is -0.000000258. The van der Waals surface area contributed by atoms with E-state index in [0.717, 1.165) is 81.3 Å². The van der Waals surface area contributed by atoms with E-state index in [0.29, 0.717) is 42.4 Å². The zero-order valence-electron chi connectivity index (χ0n) is 83.3. The molecule has 0 fully saturated rings. The summed E-state index contributed by atoms with van der Waals surface area (Å²) in [6.45, 7) is 13.9. The SMILES string of the molecule is C.CCCN(CCC(=O)[O-])c1cc([N+](=O)[O-])ccc1OC.CCNc1cc(C(=O)[O-])cc([N+](=O)[O-])c1.CN(C)c1ccccc1[N+](=O)[O-].Cc1ccc(CNC(=O)c2c([C-]=O)cccc2[N+](=O)[O-])cc1.Cc1ccc(CNC(=O)c2cc([N+](=O)[O-])ccc2[C-]=O)cc1.Cc1ccc(CNC(=O)c2ccc([N+](=O)[O-])cc2[C-]=O)cc1.Cc1ccc(CNC(=O)c2cccc([N+](=O)[O-])c2[C-]=O)cc1.O=S(=O)=O.[K+].[K+].[K+].[K+].[K+].[K+].[OH-].[OH-].[OH-].[OH-]. The number of aromatic carboxylic acids is 1. The second-order valence-electron chi connectivity index (χ2n) is 28.9. The van der Waals surface area contributed by atoms with Crippen LogP contribution in [0, 0.1) is 98.5 Å². The minimum atomic E-state index is -3.11. The zero-order chi connectivity index (χ0) is 104. The van der Waals surface area contributed by atoms with Crippen molar-refractivity contribution in [2.45, 2.75) is 88.0 Å². The van der Waals surface area contributed by atoms with Gasteiger partial charge in [-0.25, -0.2) is 0 Å². The number of aryl methyl sites for hydroxylation is 4. The molecule has 0 atom stereocenters. The van der Waals surface area contributed by atoms with Crippen molar-refractivity contribution in [3.8, 4) is 5.75 Å². The average molecular weight is 2240 g/mol. The number of rotatable bonds is 34. The first-order valence-electron chi connectivity index (χ1n) is 40.7. The number of ether oxygens (including phenoxy) is 1. The summed E-state index contributed by atoms with van der Waals surface area (Å²) in [4.78, 5) is 188. The van der Waals surface area contributed by atoms with Gasteiger partial charge in [0.2, 0.25) is 23.0 Å². The number of carbonyl (C=O) groups is 6. The quantitative estimate of drug-likeness (QED) is 0.0108. The molecule has 55 heteroatoms. The Morgan fingerprint density at radius 2 is 0.760 bits per heavy atom. The largest absolute Gasteiger partial charge is 1.00 e. The first kappa shape index (κ1) is 156. The number of anilines is 3. The molecule has 0 aliphatic carbocycles. The van der Waals surface area contributed by atoms with Gasteiger partial charge < -0.3 is 102 Å². The molecule has 0 radical (unpaired) electrons. The molecule has 0 aliphatic heterocycles. The second kappa shape index (κ2) is 83.7. The van der Waals surface area contributed by atoms with Crippen LogP contribution in [0.2, 0.25) is 0 Å². The molecule has 766 valence electrons. The monoisotopic (exact) mass is 2240 g/mol. The molecule has 0 aliphatic rings. The molecule has 0 heterocycles. The predicted octanol–water partition coefficient (Wildman–Crippen LogP) is -6.88. The van der Waals surface area contributed by atoms with E-state index in [1.165, 1.54) is 98.3 Å². The number of nitro groups is 7. The van der Waals surface area contributed by atoms with Crippen LogP contribution in [-0.4, -0.2) is 171 Å². The van der Waals surface area contributed by atoms with Crippen LogP contribution in [0.3, 0.4) is 0 Å². The van der Waals surface area contributed by atoms with Gasteiger partial charge in [-0.15, -0.1) is 41.4 Å². The van der Waals surface area contributed by atoms with E-state index in [9.17, 15) is 129 Å². The van der Waals surface area contributed by atoms with Crippen molar-refractivity contribution in [2.24, 2.45) is 0 Å². The molecule has 0 bridgehead atoms. The summed E-state index contributed by atoms with van der Waals surface area (Å²) in [6, 6.07) is 59.4. The van der Waals surface area contributed by atoms with Crippen molar-refractivity contribution >= 4 is 128 Å². The summed E-state index contributed by atoms with van der Waals surface area (Å²) in [5.41, 5.74) is 6.82. The van der Waals surface area contributed by atoms with Gasteiger partial charge in [0, 0.05) is 134 Å². The van der Waals surface area contributed by atoms with Crippen molar-refractivity contribution in [3.05, 3.63) is 396 Å². The Morgan fingerprint density at radius 1 is 0.380 bits per heavy atom. The number of benzene rings is 11. The number of carboxylic acid groups (broad SMARTS) is 2. The third-order valence-electron chi connectivity index (χ3n) is 18.7. The van der Waals surface area contributed by atoms with Gasteiger partial charge in [-0.05, 0) is 112 Å². The van der Waals surface area contributed by atoms with Crippen LogP contribution < -0.4 is 360 Å². The van der Waals surface area contributed by atoms with E-state index in [2.05, 4.69) is 26.6 Å². The number of amides is 4. The number of nitrogens with one attached hydrogen (secondary N) is 5. The normalized spacial score (nSPS) is 9.13. The maximum Gasteiger partial charge on any atom is 1.00 e. The van der Waals surface area contributed by atoms with E-state index in [1.54, 1.807) is 67.9 Å². The number of aliphatic carboxylic acids is 1. The number of nitro benzene ring substituents is 7. The van der Waals surface area contributed by atoms with E-state index in [4.69, 9.17) is 17.4 Å². The summed E-state index contributed by atoms with van der Waals surface area (Å²) < 4.78 is 30.5. The van der Waals surface area contributed by atoms with Gasteiger partial charge in [0.05, 0.1) is 63.6 Å². The number of para-hydroxylation sites is 2. The van der Waals surface area contributed by atoms with Crippen molar-refractivity contribution in [1.82, 2.24) is 21.3 Å². The van der Waals surface area contributed by atoms with Crippen molar-refractivity contribution < 1.29 is 440 Å². The summed E-state index contributed by atoms with van der Waals surface area (Å²) in [7, 11) is 1.91. The molecule has 0 unspecified atom stereocenters. The Morgan fingerprint density at radius 3 is 1.14 bits per heavy atom. The molecule has 150 heavy (non-hydrogen) atoms. The molecule has 9 N–H and O–H groups in total. The van der Waals surface area contributed by atoms with Crippen molar-refractivity contribution in [1.29, 1.82) is 0 Å². The third-order valence-corrected chi connectivity index (χ3v) is 18.7. The molecule has 11 aromatic rings. The molecule has 4 amide bonds. The van der Waals surface area contributed by atoms with Crippen LogP contribution in [0.25, 0.3) is 0 Å². The molecular formula is C95H96K6N14O34S-4. The van der Waals surface area contributed by atoms with Gasteiger partial charge in [-0.2, -0.15) is 12.1 Å². The minimum Gasteiger partial charge on any atom is -0.870 e. The molecule has 48 nitrogen and oxygen atoms in total. The summed E-state index contributed by atoms with van der Waals surface area (Å²) in [6.07, 6.45) is 6.85. The Kier molecular flexibility index (Phi) is 87.2. The number of nitrogens with zero attached hydrogens (tertiary/aromatic N) is 9. The fourth-order valence-corrected chi connectivity index (χ4v) is 11.8. The molecule has 11 aromatic carbocycles. The fourth-order valence-electron chi connectivity index (χ4n) is 11.8. The predicted molar refractivity (Wildman–Crippen MR) is 516 cm³/mol. The average Bonchev–Trinajstić information content (AvgIpc) is 0.821. The Bertz CT molecular complexity index is 6330. The van der Waals surface area contributed by atoms with E-state index < -0.39 is 87.1 Å². The van der Waals surface area contributed by atoms with Gasteiger partial charge in [-0.3, -0.25) is 90.0 Å². The van der Waals surface area contributed by atoms with Crippen LogP contribution in [-0.2, 0) is 60.8 Å². The standard InChI is InChI=1S/4C16H13N2O4.C13H18N2O5.C9H10N2O4.C8H10N2O2.CH4.6K.O3S.4H2O/c1-11-2-4-12(5-3-11)9-17-16(20)15-7-6-14(18(21)22)8-13(15)10-19;1-11-2-4-12(5-3-11)9-17-16(20)15-8-14(18(21)22)7-6-13(15)10-19;1-11-5-7-12(8-6-11)9-17-16(20)13-3-2-4-15(18(21)22)14(13)10-19;1-11-5-7-12(8-6-11)9-17-16(20)15-13(10-19)3-2-4-14(15)18(21)22;1-3-7-14(8-6-13(16)17)11-9-10(15(18)19)4-5-12(11)20-2;1-2-10-7-3-6(9(12)13)4-8(5-7)11(14)15;1-9(2)7-5-3-4-6-8(7)10(11)12;;;;;;;;1-4(2)3;;;;/h4*2-8H,9H2,1H3,(H,17,20);4-5,9H,3,6-8H2,1-2H3,(H,16,17);3-5,10H,2H2,1H3,(H,12,13);3-6H,1-2H3;1H4;;;;;;;;4*1H2/q4*-1;;;;;6*+1;;;;;/p-6. The molecule has 0 saturated carbocycles. The van der Waals surface area contributed by atoms with Crippen LogP contribution in [0.5, 0.6) is 5.75 Å². The molecule has 11 rings (SSSR count). The molecular weight excluding hydrogens is 2150 g/mol. The van der Waals surface area contributed by atoms with E-state index >= 15 is 0 Å². The number of carboxylic acids is 2. The second-order valence-corrected chi connectivity index (χ2v) is 29.3. The number of hydrogen-bond donors (Lipinski definition) is 5. The van der Waals surface area contributed by atoms with E-state index in [-0.39, 0.29) is 454 Å². The van der Waals surface area contributed by atoms with Crippen LogP contribution in [0.4, 0.5) is 56.9 Å². The third kappa shape index (κ3) is 55.8. The fraction of sp³-hybridized carbons (Fsp3) is 0.200. The molecule has 0 aromatic heterocycles. The van der Waals surface area contributed by atoms with Crippen LogP contribution >= 0.6 is 0 Å².